The van der Waals surface area contributed by atoms with E-state index in [-0.39, 0.29) is 11.4 Å². The summed E-state index contributed by atoms with van der Waals surface area (Å²) in [5, 5.41) is 8.07. The highest BCUT2D eigenvalue weighted by Crippen LogP contribution is 2.20. The van der Waals surface area contributed by atoms with Crippen molar-refractivity contribution in [1.82, 2.24) is 10.6 Å². The fourth-order valence-electron chi connectivity index (χ4n) is 1.64. The molecule has 0 fully saturated rings. The zero-order valence-corrected chi connectivity index (χ0v) is 14.6. The number of hydrogen-bond donors (Lipinski definition) is 3. The Kier molecular flexibility index (Phi) is 5.78. The molecular weight excluding hydrogens is 334 g/mol. The molecule has 1 atom stereocenters. The van der Waals surface area contributed by atoms with Crippen molar-refractivity contribution >= 4 is 33.6 Å². The highest BCUT2D eigenvalue weighted by molar-refractivity contribution is 9.10. The van der Waals surface area contributed by atoms with E-state index in [2.05, 4.69) is 31.9 Å². The molecule has 6 heteroatoms. The van der Waals surface area contributed by atoms with Crippen molar-refractivity contribution in [2.45, 2.75) is 46.2 Å². The van der Waals surface area contributed by atoms with Crippen molar-refractivity contribution < 1.29 is 9.59 Å². The van der Waals surface area contributed by atoms with Gasteiger partial charge in [0.1, 0.15) is 6.04 Å². The van der Waals surface area contributed by atoms with E-state index in [4.69, 9.17) is 0 Å². The average molecular weight is 356 g/mol. The lowest BCUT2D eigenvalue weighted by atomic mass is 10.1. The summed E-state index contributed by atoms with van der Waals surface area (Å²) in [5.74, 6) is -0.377. The van der Waals surface area contributed by atoms with Gasteiger partial charge in [-0.25, -0.2) is 4.79 Å². The molecule has 5 nitrogen and oxygen atoms in total. The Morgan fingerprint density at radius 1 is 1.24 bits per heavy atom. The number of aryl methyl sites for hydroxylation is 1. The summed E-state index contributed by atoms with van der Waals surface area (Å²) < 4.78 is 1.01. The van der Waals surface area contributed by atoms with Crippen LogP contribution in [0.1, 0.15) is 33.3 Å². The SMILES string of the molecule is Cc1cc(NC(C)C(=O)NC(=O)NC(C)(C)C)ccc1Br. The van der Waals surface area contributed by atoms with Gasteiger partial charge in [-0.05, 0) is 58.4 Å². The molecule has 0 saturated carbocycles. The van der Waals surface area contributed by atoms with Gasteiger partial charge in [0.05, 0.1) is 0 Å². The summed E-state index contributed by atoms with van der Waals surface area (Å²) >= 11 is 3.43. The first-order chi connectivity index (χ1) is 9.58. The molecule has 1 rings (SSSR count). The Balaban J connectivity index is 2.58. The minimum atomic E-state index is -0.517. The van der Waals surface area contributed by atoms with Crippen LogP contribution in [-0.4, -0.2) is 23.5 Å². The van der Waals surface area contributed by atoms with Crippen LogP contribution in [0.2, 0.25) is 0 Å². The van der Waals surface area contributed by atoms with Crippen molar-refractivity contribution in [2.75, 3.05) is 5.32 Å². The molecule has 0 heterocycles. The summed E-state index contributed by atoms with van der Waals surface area (Å²) in [4.78, 5) is 23.6. The number of halogens is 1. The van der Waals surface area contributed by atoms with Crippen molar-refractivity contribution in [3.63, 3.8) is 0 Å². The van der Waals surface area contributed by atoms with E-state index >= 15 is 0 Å². The van der Waals surface area contributed by atoms with Crippen LogP contribution in [0.4, 0.5) is 10.5 Å². The van der Waals surface area contributed by atoms with Crippen molar-refractivity contribution in [2.24, 2.45) is 0 Å². The summed E-state index contributed by atoms with van der Waals surface area (Å²) in [6.07, 6.45) is 0. The molecule has 0 bridgehead atoms. The molecular formula is C15H22BrN3O2. The molecule has 0 saturated heterocycles. The standard InChI is InChI=1S/C15H22BrN3O2/c1-9-8-11(6-7-12(9)16)17-10(2)13(20)18-14(21)19-15(3,4)5/h6-8,10,17H,1-5H3,(H2,18,19,20,21). The molecule has 21 heavy (non-hydrogen) atoms. The molecule has 3 amide bonds. The Labute approximate surface area is 134 Å². The maximum Gasteiger partial charge on any atom is 0.321 e. The molecule has 0 aliphatic heterocycles. The van der Waals surface area contributed by atoms with Crippen LogP contribution in [-0.2, 0) is 4.79 Å². The molecule has 3 N–H and O–H groups in total. The van der Waals surface area contributed by atoms with Crippen LogP contribution in [0, 0.1) is 6.92 Å². The lowest BCUT2D eigenvalue weighted by molar-refractivity contribution is -0.120. The molecule has 0 radical (unpaired) electrons. The first-order valence-corrected chi connectivity index (χ1v) is 7.53. The Morgan fingerprint density at radius 2 is 1.86 bits per heavy atom. The van der Waals surface area contributed by atoms with E-state index in [0.29, 0.717) is 0 Å². The second kappa shape index (κ2) is 6.93. The lowest BCUT2D eigenvalue weighted by Gasteiger charge is -2.21. The van der Waals surface area contributed by atoms with Gasteiger partial charge in [0.25, 0.3) is 0 Å². The number of amides is 3. The van der Waals surface area contributed by atoms with E-state index in [1.165, 1.54) is 0 Å². The Hall–Kier alpha value is -1.56. The molecule has 0 spiro atoms. The minimum Gasteiger partial charge on any atom is -0.374 e. The van der Waals surface area contributed by atoms with Crippen molar-refractivity contribution in [3.8, 4) is 0 Å². The quantitative estimate of drug-likeness (QED) is 0.779. The van der Waals surface area contributed by atoms with Crippen molar-refractivity contribution in [3.05, 3.63) is 28.2 Å². The first kappa shape index (κ1) is 17.5. The smallest absolute Gasteiger partial charge is 0.321 e. The fourth-order valence-corrected chi connectivity index (χ4v) is 1.89. The summed E-state index contributed by atoms with van der Waals surface area (Å²) in [6.45, 7) is 9.23. The predicted octanol–water partition coefficient (Wildman–Crippen LogP) is 3.18. The topological polar surface area (TPSA) is 70.2 Å². The van der Waals surface area contributed by atoms with Gasteiger partial charge >= 0.3 is 6.03 Å². The number of urea groups is 1. The highest BCUT2D eigenvalue weighted by atomic mass is 79.9. The molecule has 0 aliphatic carbocycles. The number of benzene rings is 1. The summed E-state index contributed by atoms with van der Waals surface area (Å²) in [6, 6.07) is 4.71. The third-order valence-electron chi connectivity index (χ3n) is 2.66. The summed E-state index contributed by atoms with van der Waals surface area (Å²) in [7, 11) is 0. The molecule has 1 aromatic rings. The van der Waals surface area contributed by atoms with E-state index in [1.807, 2.05) is 45.9 Å². The van der Waals surface area contributed by atoms with Crippen LogP contribution >= 0.6 is 15.9 Å². The van der Waals surface area contributed by atoms with Gasteiger partial charge in [0.15, 0.2) is 0 Å². The Morgan fingerprint density at radius 3 is 2.38 bits per heavy atom. The fraction of sp³-hybridized carbons (Fsp3) is 0.467. The largest absolute Gasteiger partial charge is 0.374 e. The van der Waals surface area contributed by atoms with Gasteiger partial charge in [-0.2, -0.15) is 0 Å². The van der Waals surface area contributed by atoms with Gasteiger partial charge in [0, 0.05) is 15.7 Å². The van der Waals surface area contributed by atoms with Gasteiger partial charge in [-0.3, -0.25) is 10.1 Å². The number of imide groups is 1. The van der Waals surface area contributed by atoms with E-state index in [9.17, 15) is 9.59 Å². The van der Waals surface area contributed by atoms with Gasteiger partial charge < -0.3 is 10.6 Å². The number of hydrogen-bond acceptors (Lipinski definition) is 3. The van der Waals surface area contributed by atoms with Gasteiger partial charge in [-0.1, -0.05) is 15.9 Å². The van der Waals surface area contributed by atoms with Gasteiger partial charge in [-0.15, -0.1) is 0 Å². The van der Waals surface area contributed by atoms with Crippen LogP contribution in [0.5, 0.6) is 0 Å². The molecule has 1 aromatic carbocycles. The number of carbonyl (C=O) groups excluding carboxylic acids is 2. The third kappa shape index (κ3) is 6.16. The highest BCUT2D eigenvalue weighted by Gasteiger charge is 2.19. The number of anilines is 1. The molecule has 116 valence electrons. The second-order valence-electron chi connectivity index (χ2n) is 6.02. The third-order valence-corrected chi connectivity index (χ3v) is 3.55. The normalized spacial score (nSPS) is 12.5. The van der Waals surface area contributed by atoms with Crippen LogP contribution in [0.3, 0.4) is 0 Å². The predicted molar refractivity (Wildman–Crippen MR) is 88.4 cm³/mol. The van der Waals surface area contributed by atoms with Crippen LogP contribution in [0.15, 0.2) is 22.7 Å². The number of carbonyl (C=O) groups is 2. The maximum absolute atomic E-state index is 12.0. The van der Waals surface area contributed by atoms with E-state index < -0.39 is 12.1 Å². The zero-order valence-electron chi connectivity index (χ0n) is 13.0. The average Bonchev–Trinajstić information content (AvgIpc) is 2.31. The van der Waals surface area contributed by atoms with E-state index in [1.54, 1.807) is 6.92 Å². The zero-order chi connectivity index (χ0) is 16.2. The molecule has 0 aliphatic rings. The monoisotopic (exact) mass is 355 g/mol. The van der Waals surface area contributed by atoms with Crippen LogP contribution < -0.4 is 16.0 Å². The number of rotatable bonds is 3. The lowest BCUT2D eigenvalue weighted by Crippen LogP contribution is -2.51. The molecule has 1 unspecified atom stereocenters. The van der Waals surface area contributed by atoms with Gasteiger partial charge in [0.2, 0.25) is 5.91 Å². The van der Waals surface area contributed by atoms with E-state index in [0.717, 1.165) is 15.7 Å². The Bertz CT molecular complexity index is 538. The number of nitrogens with one attached hydrogen (secondary N) is 3. The van der Waals surface area contributed by atoms with Crippen molar-refractivity contribution in [1.29, 1.82) is 0 Å². The maximum atomic E-state index is 12.0. The molecule has 0 aromatic heterocycles. The second-order valence-corrected chi connectivity index (χ2v) is 6.88. The first-order valence-electron chi connectivity index (χ1n) is 6.74. The summed E-state index contributed by atoms with van der Waals surface area (Å²) in [5.41, 5.74) is 1.51. The minimum absolute atomic E-state index is 0.377. The van der Waals surface area contributed by atoms with Crippen LogP contribution in [0.25, 0.3) is 0 Å².